The fourth-order valence-electron chi connectivity index (χ4n) is 5.12. The van der Waals surface area contributed by atoms with E-state index in [1.165, 1.54) is 13.3 Å². The number of Topliss-reactive ketones (excluding diaryl/α,β-unsaturated/α-hetero) is 1. The summed E-state index contributed by atoms with van der Waals surface area (Å²) in [7, 11) is 1.54. The molecule has 11 heteroatoms. The van der Waals surface area contributed by atoms with Crippen molar-refractivity contribution in [3.8, 4) is 5.75 Å². The van der Waals surface area contributed by atoms with Gasteiger partial charge in [0.25, 0.3) is 0 Å². The number of nitrogens with zero attached hydrogens (tertiary/aromatic N) is 2. The van der Waals surface area contributed by atoms with Crippen molar-refractivity contribution in [3.63, 3.8) is 0 Å². The van der Waals surface area contributed by atoms with Gasteiger partial charge in [-0.25, -0.2) is 13.2 Å². The number of thioether (sulfide) groups is 1. The zero-order valence-electron chi connectivity index (χ0n) is 21.3. The van der Waals surface area contributed by atoms with Crippen LogP contribution in [0.15, 0.2) is 41.4 Å². The van der Waals surface area contributed by atoms with E-state index in [1.807, 2.05) is 0 Å². The van der Waals surface area contributed by atoms with E-state index in [9.17, 15) is 27.9 Å². The minimum absolute atomic E-state index is 0.0186. The number of benzene rings is 2. The van der Waals surface area contributed by atoms with Gasteiger partial charge in [0.2, 0.25) is 0 Å². The van der Waals surface area contributed by atoms with Crippen LogP contribution in [0, 0.1) is 29.3 Å². The molecule has 1 aliphatic rings. The summed E-state index contributed by atoms with van der Waals surface area (Å²) < 4.78 is 46.2. The summed E-state index contributed by atoms with van der Waals surface area (Å²) in [4.78, 5) is 31.2. The first-order valence-electron chi connectivity index (χ1n) is 12.5. The number of halogens is 4. The van der Waals surface area contributed by atoms with E-state index in [0.29, 0.717) is 66.5 Å². The molecule has 0 spiro atoms. The van der Waals surface area contributed by atoms with Gasteiger partial charge in [-0.1, -0.05) is 11.6 Å². The van der Waals surface area contributed by atoms with E-state index < -0.39 is 23.4 Å². The first-order valence-corrected chi connectivity index (χ1v) is 13.9. The minimum Gasteiger partial charge on any atom is -0.497 e. The lowest BCUT2D eigenvalue weighted by molar-refractivity contribution is -0.139. The smallest absolute Gasteiger partial charge is 0.303 e. The maximum Gasteiger partial charge on any atom is 0.303 e. The maximum absolute atomic E-state index is 13.9. The summed E-state index contributed by atoms with van der Waals surface area (Å²) in [5, 5.41) is 10.4. The summed E-state index contributed by atoms with van der Waals surface area (Å²) >= 11 is 7.39. The topological polar surface area (TPSA) is 79.7 Å². The van der Waals surface area contributed by atoms with Crippen LogP contribution in [0.1, 0.15) is 36.0 Å². The number of aromatic nitrogens is 1. The number of hydrogen-bond donors (Lipinski definition) is 1. The number of rotatable bonds is 11. The molecule has 208 valence electrons. The normalized spacial score (nSPS) is 17.9. The number of carbonyl (C=O) groups is 2. The Kier molecular flexibility index (Phi) is 9.74. The molecule has 2 atom stereocenters. The lowest BCUT2D eigenvalue weighted by atomic mass is 9.79. The predicted octanol–water partition coefficient (Wildman–Crippen LogP) is 6.48. The minimum atomic E-state index is -1.23. The van der Waals surface area contributed by atoms with Crippen LogP contribution in [-0.2, 0) is 4.79 Å². The second-order valence-electron chi connectivity index (χ2n) is 9.58. The molecule has 0 unspecified atom stereocenters. The molecule has 1 saturated heterocycles. The Morgan fingerprint density at radius 1 is 1.21 bits per heavy atom. The quantitative estimate of drug-likeness (QED) is 0.158. The number of aliphatic carboxylic acids is 1. The summed E-state index contributed by atoms with van der Waals surface area (Å²) in [6.07, 6.45) is 2.83. The van der Waals surface area contributed by atoms with Crippen molar-refractivity contribution < 1.29 is 32.6 Å². The van der Waals surface area contributed by atoms with Gasteiger partial charge in [-0.3, -0.25) is 14.6 Å². The van der Waals surface area contributed by atoms with E-state index in [2.05, 4.69) is 9.88 Å². The Hall–Kier alpha value is -2.82. The van der Waals surface area contributed by atoms with Crippen molar-refractivity contribution in [1.82, 2.24) is 9.88 Å². The fourth-order valence-corrected chi connectivity index (χ4v) is 6.36. The van der Waals surface area contributed by atoms with Gasteiger partial charge >= 0.3 is 5.97 Å². The van der Waals surface area contributed by atoms with Gasteiger partial charge in [0.05, 0.1) is 17.6 Å². The Morgan fingerprint density at radius 2 is 2.00 bits per heavy atom. The molecule has 0 bridgehead atoms. The SMILES string of the molecule is COc1ccc2ncc(Cl)c(C(=O)CC[C@@H]3CCN(CCSc4cc(F)cc(F)c4F)C[C@@H]3CC(=O)O)c2c1. The van der Waals surface area contributed by atoms with Gasteiger partial charge < -0.3 is 14.7 Å². The van der Waals surface area contributed by atoms with Crippen LogP contribution in [0.25, 0.3) is 10.9 Å². The highest BCUT2D eigenvalue weighted by Gasteiger charge is 2.31. The lowest BCUT2D eigenvalue weighted by Gasteiger charge is -2.38. The monoisotopic (exact) mass is 580 g/mol. The van der Waals surface area contributed by atoms with E-state index in [4.69, 9.17) is 16.3 Å². The molecule has 4 rings (SSSR count). The van der Waals surface area contributed by atoms with Crippen molar-refractivity contribution in [2.75, 3.05) is 32.5 Å². The summed E-state index contributed by atoms with van der Waals surface area (Å²) in [5.74, 6) is -3.39. The van der Waals surface area contributed by atoms with Gasteiger partial charge in [-0.2, -0.15) is 0 Å². The molecule has 39 heavy (non-hydrogen) atoms. The summed E-state index contributed by atoms with van der Waals surface area (Å²) in [6.45, 7) is 1.68. The molecule has 3 aromatic rings. The Bertz CT molecular complexity index is 1380. The zero-order valence-corrected chi connectivity index (χ0v) is 22.8. The van der Waals surface area contributed by atoms with Crippen LogP contribution in [0.2, 0.25) is 5.02 Å². The number of hydrogen-bond acceptors (Lipinski definition) is 6. The van der Waals surface area contributed by atoms with E-state index >= 15 is 0 Å². The lowest BCUT2D eigenvalue weighted by Crippen LogP contribution is -2.42. The summed E-state index contributed by atoms with van der Waals surface area (Å²) in [5.41, 5.74) is 1.00. The Morgan fingerprint density at radius 3 is 2.74 bits per heavy atom. The van der Waals surface area contributed by atoms with Crippen molar-refractivity contribution in [1.29, 1.82) is 0 Å². The Labute approximate surface area is 233 Å². The average molecular weight is 581 g/mol. The molecule has 0 saturated carbocycles. The molecular formula is C28H28ClF3N2O4S. The molecule has 2 heterocycles. The highest BCUT2D eigenvalue weighted by molar-refractivity contribution is 7.99. The Balaban J connectivity index is 1.38. The van der Waals surface area contributed by atoms with Gasteiger partial charge in [0, 0.05) is 59.8 Å². The van der Waals surface area contributed by atoms with Gasteiger partial charge in [0.1, 0.15) is 11.6 Å². The third-order valence-electron chi connectivity index (χ3n) is 7.09. The molecule has 6 nitrogen and oxygen atoms in total. The number of piperidine rings is 1. The second kappa shape index (κ2) is 13.0. The number of fused-ring (bicyclic) bond motifs is 1. The molecule has 0 aliphatic carbocycles. The first-order chi connectivity index (χ1) is 18.7. The van der Waals surface area contributed by atoms with Crippen LogP contribution in [0.5, 0.6) is 5.75 Å². The van der Waals surface area contributed by atoms with Crippen LogP contribution in [-0.4, -0.2) is 59.2 Å². The predicted molar refractivity (Wildman–Crippen MR) is 144 cm³/mol. The molecule has 2 aromatic carbocycles. The number of carboxylic acid groups (broad SMARTS) is 1. The molecule has 1 fully saturated rings. The highest BCUT2D eigenvalue weighted by atomic mass is 35.5. The zero-order chi connectivity index (χ0) is 28.1. The van der Waals surface area contributed by atoms with Crippen molar-refractivity contribution in [3.05, 3.63) is 64.6 Å². The molecule has 1 N–H and O–H groups in total. The number of ketones is 1. The average Bonchev–Trinajstić information content (AvgIpc) is 2.90. The van der Waals surface area contributed by atoms with E-state index in [1.54, 1.807) is 18.2 Å². The number of ether oxygens (including phenoxy) is 1. The van der Waals surface area contributed by atoms with Crippen LogP contribution < -0.4 is 4.74 Å². The summed E-state index contributed by atoms with van der Waals surface area (Å²) in [6, 6.07) is 6.72. The molecule has 0 radical (unpaired) electrons. The molecular weight excluding hydrogens is 553 g/mol. The highest BCUT2D eigenvalue weighted by Crippen LogP contribution is 2.34. The van der Waals surface area contributed by atoms with Crippen LogP contribution in [0.4, 0.5) is 13.2 Å². The molecule has 1 aromatic heterocycles. The number of likely N-dealkylation sites (tertiary alicyclic amines) is 1. The van der Waals surface area contributed by atoms with Crippen molar-refractivity contribution >= 4 is 46.0 Å². The third kappa shape index (κ3) is 7.23. The first kappa shape index (κ1) is 29.2. The van der Waals surface area contributed by atoms with Crippen molar-refractivity contribution in [2.24, 2.45) is 11.8 Å². The standard InChI is InChI=1S/C28H28ClF3N2O4S/c1-38-19-3-4-23-20(13-19)27(21(29)14-33-23)24(35)5-2-16-6-7-34(15-17(16)10-26(36)37)8-9-39-25-12-18(30)11-22(31)28(25)32/h3-4,11-14,16-17H,2,5-10,15H2,1H3,(H,36,37)/t16-,17+/m1/s1. The van der Waals surface area contributed by atoms with Gasteiger partial charge in [-0.15, -0.1) is 11.8 Å². The van der Waals surface area contributed by atoms with E-state index in [-0.39, 0.29) is 40.4 Å². The second-order valence-corrected chi connectivity index (χ2v) is 11.1. The number of pyridine rings is 1. The van der Waals surface area contributed by atoms with Crippen molar-refractivity contribution in [2.45, 2.75) is 30.6 Å². The van der Waals surface area contributed by atoms with Crippen LogP contribution in [0.3, 0.4) is 0 Å². The van der Waals surface area contributed by atoms with Gasteiger partial charge in [0.15, 0.2) is 17.4 Å². The largest absolute Gasteiger partial charge is 0.497 e. The fraction of sp³-hybridized carbons (Fsp3) is 0.393. The van der Waals surface area contributed by atoms with E-state index in [0.717, 1.165) is 17.8 Å². The van der Waals surface area contributed by atoms with Gasteiger partial charge in [-0.05, 0) is 55.5 Å². The number of methoxy groups -OCH3 is 1. The molecule has 1 aliphatic heterocycles. The van der Waals surface area contributed by atoms with Crippen LogP contribution >= 0.6 is 23.4 Å². The number of carboxylic acids is 1. The number of carbonyl (C=O) groups excluding carboxylic acids is 1. The molecule has 0 amide bonds. The third-order valence-corrected chi connectivity index (χ3v) is 8.37. The maximum atomic E-state index is 13.9.